The van der Waals surface area contributed by atoms with Gasteiger partial charge in [-0.3, -0.25) is 0 Å². The zero-order valence-corrected chi connectivity index (χ0v) is 14.0. The molecule has 112 valence electrons. The summed E-state index contributed by atoms with van der Waals surface area (Å²) >= 11 is 1.42. The topological polar surface area (TPSA) is 40.5 Å². The average molecular weight is 302 g/mol. The van der Waals surface area contributed by atoms with Crippen molar-refractivity contribution in [1.29, 1.82) is 0 Å². The van der Waals surface area contributed by atoms with E-state index in [1.807, 2.05) is 25.1 Å². The SMILES string of the molecule is Cc1ccc(O)c(Sc2c(O)ccc(C)c2C(C)(C)C)c1. The number of rotatable bonds is 2. The Balaban J connectivity index is 2.59. The maximum Gasteiger partial charge on any atom is 0.129 e. The maximum atomic E-state index is 10.3. The van der Waals surface area contributed by atoms with Gasteiger partial charge in [0.05, 0.1) is 9.79 Å². The zero-order valence-electron chi connectivity index (χ0n) is 13.2. The van der Waals surface area contributed by atoms with Gasteiger partial charge < -0.3 is 10.2 Å². The van der Waals surface area contributed by atoms with Crippen molar-refractivity contribution in [3.05, 3.63) is 47.0 Å². The molecule has 2 N–H and O–H groups in total. The summed E-state index contributed by atoms with van der Waals surface area (Å²) in [4.78, 5) is 1.59. The van der Waals surface area contributed by atoms with Crippen LogP contribution >= 0.6 is 11.8 Å². The summed E-state index contributed by atoms with van der Waals surface area (Å²) in [7, 11) is 0. The molecule has 0 saturated heterocycles. The molecule has 0 aliphatic rings. The standard InChI is InChI=1S/C18H22O2S/c1-11-6-8-13(19)15(10-11)21-17-14(20)9-7-12(2)16(17)18(3,4)5/h6-10,19-20H,1-5H3. The monoisotopic (exact) mass is 302 g/mol. The van der Waals surface area contributed by atoms with Crippen LogP contribution in [-0.2, 0) is 5.41 Å². The molecule has 0 aliphatic carbocycles. The average Bonchev–Trinajstić information content (AvgIpc) is 2.36. The molecule has 0 fully saturated rings. The lowest BCUT2D eigenvalue weighted by Gasteiger charge is -2.26. The van der Waals surface area contributed by atoms with Gasteiger partial charge in [-0.1, -0.05) is 44.7 Å². The molecule has 21 heavy (non-hydrogen) atoms. The van der Waals surface area contributed by atoms with Gasteiger partial charge in [0.15, 0.2) is 0 Å². The first-order valence-corrected chi connectivity index (χ1v) is 7.82. The van der Waals surface area contributed by atoms with Crippen LogP contribution in [0.2, 0.25) is 0 Å². The van der Waals surface area contributed by atoms with Gasteiger partial charge >= 0.3 is 0 Å². The van der Waals surface area contributed by atoms with Gasteiger partial charge in [-0.05, 0) is 54.2 Å². The molecule has 0 unspecified atom stereocenters. The van der Waals surface area contributed by atoms with Crippen LogP contribution < -0.4 is 0 Å². The summed E-state index contributed by atoms with van der Waals surface area (Å²) < 4.78 is 0. The van der Waals surface area contributed by atoms with Crippen molar-refractivity contribution < 1.29 is 10.2 Å². The third kappa shape index (κ3) is 3.35. The van der Waals surface area contributed by atoms with Crippen molar-refractivity contribution >= 4 is 11.8 Å². The second-order valence-corrected chi connectivity index (χ2v) is 7.48. The number of aryl methyl sites for hydroxylation is 2. The van der Waals surface area contributed by atoms with E-state index in [9.17, 15) is 10.2 Å². The Labute approximate surface area is 130 Å². The number of benzene rings is 2. The third-order valence-corrected chi connectivity index (χ3v) is 4.59. The summed E-state index contributed by atoms with van der Waals surface area (Å²) in [5.74, 6) is 0.503. The highest BCUT2D eigenvalue weighted by atomic mass is 32.2. The first-order valence-electron chi connectivity index (χ1n) is 7.00. The molecular weight excluding hydrogens is 280 g/mol. The Hall–Kier alpha value is -1.61. The van der Waals surface area contributed by atoms with Crippen molar-refractivity contribution in [2.75, 3.05) is 0 Å². The first-order chi connectivity index (χ1) is 9.70. The van der Waals surface area contributed by atoms with E-state index in [0.29, 0.717) is 0 Å². The van der Waals surface area contributed by atoms with Crippen LogP contribution in [0.3, 0.4) is 0 Å². The van der Waals surface area contributed by atoms with E-state index >= 15 is 0 Å². The first kappa shape index (κ1) is 15.8. The molecule has 0 spiro atoms. The van der Waals surface area contributed by atoms with Crippen molar-refractivity contribution in [2.24, 2.45) is 0 Å². The molecule has 0 saturated carbocycles. The molecule has 0 radical (unpaired) electrons. The molecule has 3 heteroatoms. The van der Waals surface area contributed by atoms with Gasteiger partial charge in [0, 0.05) is 0 Å². The lowest BCUT2D eigenvalue weighted by Crippen LogP contribution is -2.14. The number of hydrogen-bond donors (Lipinski definition) is 2. The maximum absolute atomic E-state index is 10.3. The third-order valence-electron chi connectivity index (χ3n) is 3.42. The van der Waals surface area contributed by atoms with Crippen molar-refractivity contribution in [2.45, 2.75) is 49.8 Å². The van der Waals surface area contributed by atoms with Crippen molar-refractivity contribution in [1.82, 2.24) is 0 Å². The van der Waals surface area contributed by atoms with Gasteiger partial charge in [-0.15, -0.1) is 0 Å². The van der Waals surface area contributed by atoms with E-state index in [0.717, 1.165) is 26.5 Å². The molecule has 2 aromatic carbocycles. The van der Waals surface area contributed by atoms with Gasteiger partial charge in [0.2, 0.25) is 0 Å². The number of phenols is 2. The molecule has 0 atom stereocenters. The van der Waals surface area contributed by atoms with Crippen LogP contribution in [0.4, 0.5) is 0 Å². The predicted molar refractivity (Wildman–Crippen MR) is 88.5 cm³/mol. The second-order valence-electron chi connectivity index (χ2n) is 6.43. The fraction of sp³-hybridized carbons (Fsp3) is 0.333. The van der Waals surface area contributed by atoms with E-state index in [-0.39, 0.29) is 16.9 Å². The van der Waals surface area contributed by atoms with Crippen LogP contribution in [0.15, 0.2) is 40.1 Å². The molecule has 2 nitrogen and oxygen atoms in total. The summed E-state index contributed by atoms with van der Waals surface area (Å²) in [5, 5.41) is 20.3. The van der Waals surface area contributed by atoms with Crippen LogP contribution in [0.1, 0.15) is 37.5 Å². The molecule has 0 amide bonds. The van der Waals surface area contributed by atoms with Gasteiger partial charge in [0.25, 0.3) is 0 Å². The highest BCUT2D eigenvalue weighted by Gasteiger charge is 2.24. The van der Waals surface area contributed by atoms with Crippen molar-refractivity contribution in [3.63, 3.8) is 0 Å². The van der Waals surface area contributed by atoms with Gasteiger partial charge in [-0.2, -0.15) is 0 Å². The number of hydrogen-bond acceptors (Lipinski definition) is 3. The summed E-state index contributed by atoms with van der Waals surface area (Å²) in [6.45, 7) is 10.4. The Bertz CT molecular complexity index is 670. The largest absolute Gasteiger partial charge is 0.507 e. The minimum absolute atomic E-state index is 0.0788. The van der Waals surface area contributed by atoms with E-state index in [2.05, 4.69) is 27.7 Å². The Morgan fingerprint density at radius 3 is 2.14 bits per heavy atom. The number of aromatic hydroxyl groups is 2. The predicted octanol–water partition coefficient (Wildman–Crippen LogP) is 5.16. The molecular formula is C18H22O2S. The van der Waals surface area contributed by atoms with E-state index < -0.39 is 0 Å². The summed E-state index contributed by atoms with van der Waals surface area (Å²) in [6, 6.07) is 9.17. The van der Waals surface area contributed by atoms with Crippen molar-refractivity contribution in [3.8, 4) is 11.5 Å². The normalized spacial score (nSPS) is 11.7. The highest BCUT2D eigenvalue weighted by Crippen LogP contribution is 2.45. The van der Waals surface area contributed by atoms with Crippen LogP contribution in [0.25, 0.3) is 0 Å². The minimum Gasteiger partial charge on any atom is -0.507 e. The van der Waals surface area contributed by atoms with Gasteiger partial charge in [0.1, 0.15) is 11.5 Å². The van der Waals surface area contributed by atoms with E-state index in [4.69, 9.17) is 0 Å². The molecule has 2 aromatic rings. The molecule has 0 aliphatic heterocycles. The zero-order chi connectivity index (χ0) is 15.8. The fourth-order valence-electron chi connectivity index (χ4n) is 2.52. The quantitative estimate of drug-likeness (QED) is 0.804. The Morgan fingerprint density at radius 2 is 1.52 bits per heavy atom. The minimum atomic E-state index is -0.0788. The molecule has 0 bridgehead atoms. The van der Waals surface area contributed by atoms with Crippen LogP contribution in [-0.4, -0.2) is 10.2 Å². The van der Waals surface area contributed by atoms with E-state index in [1.54, 1.807) is 12.1 Å². The number of phenolic OH excluding ortho intramolecular Hbond substituents is 2. The Morgan fingerprint density at radius 1 is 0.905 bits per heavy atom. The second kappa shape index (κ2) is 5.64. The molecule has 0 aromatic heterocycles. The lowest BCUT2D eigenvalue weighted by atomic mass is 9.84. The summed E-state index contributed by atoms with van der Waals surface area (Å²) in [6.07, 6.45) is 0. The molecule has 0 heterocycles. The lowest BCUT2D eigenvalue weighted by molar-refractivity contribution is 0.452. The highest BCUT2D eigenvalue weighted by molar-refractivity contribution is 7.99. The smallest absolute Gasteiger partial charge is 0.129 e. The Kier molecular flexibility index (Phi) is 4.24. The van der Waals surface area contributed by atoms with Crippen LogP contribution in [0, 0.1) is 13.8 Å². The van der Waals surface area contributed by atoms with E-state index in [1.165, 1.54) is 11.8 Å². The van der Waals surface area contributed by atoms with Crippen LogP contribution in [0.5, 0.6) is 11.5 Å². The van der Waals surface area contributed by atoms with Gasteiger partial charge in [-0.25, -0.2) is 0 Å². The fourth-order valence-corrected chi connectivity index (χ4v) is 3.90. The molecule has 2 rings (SSSR count). The summed E-state index contributed by atoms with van der Waals surface area (Å²) in [5.41, 5.74) is 3.27.